The number of benzene rings is 1. The molecule has 6 nitrogen and oxygen atoms in total. The highest BCUT2D eigenvalue weighted by molar-refractivity contribution is 5.38. The predicted molar refractivity (Wildman–Crippen MR) is 98.8 cm³/mol. The summed E-state index contributed by atoms with van der Waals surface area (Å²) in [5, 5.41) is 15.7. The van der Waals surface area contributed by atoms with Crippen molar-refractivity contribution in [2.24, 2.45) is 5.92 Å². The van der Waals surface area contributed by atoms with Crippen LogP contribution < -0.4 is 5.32 Å². The quantitative estimate of drug-likeness (QED) is 0.906. The number of nitrogens with one attached hydrogen (secondary N) is 1. The SMILES string of the molecule is c1ccc(-n2nnnc2NC2CCN(CC3CCCCC3)CC2)cc1. The van der Waals surface area contributed by atoms with Crippen molar-refractivity contribution in [1.82, 2.24) is 25.1 Å². The smallest absolute Gasteiger partial charge is 0.247 e. The molecule has 4 rings (SSSR count). The van der Waals surface area contributed by atoms with E-state index < -0.39 is 0 Å². The molecule has 6 heteroatoms. The van der Waals surface area contributed by atoms with Crippen molar-refractivity contribution < 1.29 is 0 Å². The third-order valence-corrected chi connectivity index (χ3v) is 5.63. The van der Waals surface area contributed by atoms with Gasteiger partial charge in [-0.05, 0) is 54.2 Å². The summed E-state index contributed by atoms with van der Waals surface area (Å²) in [5.74, 6) is 1.68. The molecule has 2 aliphatic rings. The predicted octanol–water partition coefficient (Wildman–Crippen LogP) is 3.12. The van der Waals surface area contributed by atoms with E-state index in [1.54, 1.807) is 4.68 Å². The number of anilines is 1. The summed E-state index contributed by atoms with van der Waals surface area (Å²) in [6.45, 7) is 3.66. The van der Waals surface area contributed by atoms with Crippen LogP contribution in [0.4, 0.5) is 5.95 Å². The van der Waals surface area contributed by atoms with E-state index in [4.69, 9.17) is 0 Å². The van der Waals surface area contributed by atoms with Gasteiger partial charge in [0.25, 0.3) is 0 Å². The fourth-order valence-electron chi connectivity index (χ4n) is 4.20. The van der Waals surface area contributed by atoms with Gasteiger partial charge in [-0.1, -0.05) is 42.6 Å². The molecular weight excluding hydrogens is 312 g/mol. The van der Waals surface area contributed by atoms with Gasteiger partial charge in [0.15, 0.2) is 0 Å². The van der Waals surface area contributed by atoms with Crippen molar-refractivity contribution >= 4 is 5.95 Å². The molecule has 1 aliphatic carbocycles. The lowest BCUT2D eigenvalue weighted by Gasteiger charge is -2.35. The Bertz CT molecular complexity index is 641. The number of aromatic nitrogens is 4. The van der Waals surface area contributed by atoms with Crippen molar-refractivity contribution in [2.75, 3.05) is 25.0 Å². The maximum Gasteiger partial charge on any atom is 0.247 e. The Morgan fingerprint density at radius 2 is 1.72 bits per heavy atom. The van der Waals surface area contributed by atoms with E-state index >= 15 is 0 Å². The first kappa shape index (κ1) is 16.5. The molecule has 2 heterocycles. The molecule has 0 bridgehead atoms. The van der Waals surface area contributed by atoms with Gasteiger partial charge in [-0.2, -0.15) is 4.68 Å². The maximum atomic E-state index is 4.18. The van der Waals surface area contributed by atoms with Gasteiger partial charge in [0.2, 0.25) is 5.95 Å². The largest absolute Gasteiger partial charge is 0.350 e. The highest BCUT2D eigenvalue weighted by atomic mass is 15.6. The van der Waals surface area contributed by atoms with Crippen LogP contribution in [0, 0.1) is 5.92 Å². The molecule has 0 radical (unpaired) electrons. The zero-order chi connectivity index (χ0) is 16.9. The van der Waals surface area contributed by atoms with E-state index in [1.165, 1.54) is 51.7 Å². The first-order valence-corrected chi connectivity index (χ1v) is 9.71. The fraction of sp³-hybridized carbons (Fsp3) is 0.632. The molecule has 0 atom stereocenters. The number of nitrogens with zero attached hydrogens (tertiary/aromatic N) is 5. The molecule has 0 spiro atoms. The summed E-state index contributed by atoms with van der Waals surface area (Å²) in [7, 11) is 0. The summed E-state index contributed by atoms with van der Waals surface area (Å²) >= 11 is 0. The van der Waals surface area contributed by atoms with Gasteiger partial charge < -0.3 is 10.2 Å². The minimum Gasteiger partial charge on any atom is -0.350 e. The van der Waals surface area contributed by atoms with Gasteiger partial charge in [0, 0.05) is 25.7 Å². The van der Waals surface area contributed by atoms with Gasteiger partial charge in [-0.15, -0.1) is 0 Å². The lowest BCUT2D eigenvalue weighted by atomic mass is 9.88. The maximum absolute atomic E-state index is 4.18. The van der Waals surface area contributed by atoms with Gasteiger partial charge in [-0.25, -0.2) is 0 Å². The van der Waals surface area contributed by atoms with Crippen LogP contribution in [0.15, 0.2) is 30.3 Å². The first-order chi connectivity index (χ1) is 12.4. The molecule has 2 aromatic rings. The molecule has 2 fully saturated rings. The van der Waals surface area contributed by atoms with Gasteiger partial charge in [0.05, 0.1) is 5.69 Å². The molecule has 0 amide bonds. The van der Waals surface area contributed by atoms with Gasteiger partial charge in [-0.3, -0.25) is 0 Å². The minimum absolute atomic E-state index is 0.455. The van der Waals surface area contributed by atoms with Crippen LogP contribution in [0.25, 0.3) is 5.69 Å². The minimum atomic E-state index is 0.455. The van der Waals surface area contributed by atoms with Crippen molar-refractivity contribution in [1.29, 1.82) is 0 Å². The topological polar surface area (TPSA) is 58.9 Å². The zero-order valence-corrected chi connectivity index (χ0v) is 14.8. The highest BCUT2D eigenvalue weighted by Gasteiger charge is 2.24. The Morgan fingerprint density at radius 3 is 2.48 bits per heavy atom. The monoisotopic (exact) mass is 340 g/mol. The second-order valence-electron chi connectivity index (χ2n) is 7.47. The molecule has 1 aromatic carbocycles. The van der Waals surface area contributed by atoms with Crippen LogP contribution in [-0.4, -0.2) is 50.8 Å². The van der Waals surface area contributed by atoms with Crippen LogP contribution in [0.5, 0.6) is 0 Å². The van der Waals surface area contributed by atoms with E-state index in [0.717, 1.165) is 30.4 Å². The number of likely N-dealkylation sites (tertiary alicyclic amines) is 1. The number of rotatable bonds is 5. The Balaban J connectivity index is 1.30. The number of para-hydroxylation sites is 1. The van der Waals surface area contributed by atoms with E-state index in [2.05, 4.69) is 25.7 Å². The lowest BCUT2D eigenvalue weighted by Crippen LogP contribution is -2.41. The third kappa shape index (κ3) is 4.18. The number of hydrogen-bond acceptors (Lipinski definition) is 5. The summed E-state index contributed by atoms with van der Waals surface area (Å²) in [5.41, 5.74) is 0.990. The molecule has 25 heavy (non-hydrogen) atoms. The lowest BCUT2D eigenvalue weighted by molar-refractivity contribution is 0.168. The van der Waals surface area contributed by atoms with E-state index in [0.29, 0.717) is 6.04 Å². The number of piperidine rings is 1. The van der Waals surface area contributed by atoms with Crippen LogP contribution in [0.1, 0.15) is 44.9 Å². The molecular formula is C19H28N6. The molecule has 134 valence electrons. The first-order valence-electron chi connectivity index (χ1n) is 9.71. The molecule has 1 saturated carbocycles. The van der Waals surface area contributed by atoms with Gasteiger partial charge >= 0.3 is 0 Å². The normalized spacial score (nSPS) is 20.6. The fourth-order valence-corrected chi connectivity index (χ4v) is 4.20. The Kier molecular flexibility index (Phi) is 5.25. The second kappa shape index (κ2) is 7.95. The van der Waals surface area contributed by atoms with Crippen molar-refractivity contribution in [2.45, 2.75) is 51.0 Å². The summed E-state index contributed by atoms with van der Waals surface area (Å²) < 4.78 is 1.79. The van der Waals surface area contributed by atoms with Crippen LogP contribution in [0.2, 0.25) is 0 Å². The Hall–Kier alpha value is -1.95. The molecule has 1 aromatic heterocycles. The summed E-state index contributed by atoms with van der Waals surface area (Å²) in [6, 6.07) is 10.5. The molecule has 1 aliphatic heterocycles. The van der Waals surface area contributed by atoms with Crippen LogP contribution in [-0.2, 0) is 0 Å². The van der Waals surface area contributed by atoms with E-state index in [1.807, 2.05) is 30.3 Å². The standard InChI is InChI=1S/C19H28N6/c1-3-7-16(8-4-1)15-24-13-11-17(12-14-24)20-19-21-22-23-25(19)18-9-5-2-6-10-18/h2,5-6,9-10,16-17H,1,3-4,7-8,11-15H2,(H,20,21,23). The Labute approximate surface area is 149 Å². The van der Waals surface area contributed by atoms with Gasteiger partial charge in [0.1, 0.15) is 0 Å². The molecule has 0 unspecified atom stereocenters. The zero-order valence-electron chi connectivity index (χ0n) is 14.8. The second-order valence-corrected chi connectivity index (χ2v) is 7.47. The number of tetrazole rings is 1. The van der Waals surface area contributed by atoms with Crippen LogP contribution in [0.3, 0.4) is 0 Å². The van der Waals surface area contributed by atoms with Crippen molar-refractivity contribution in [3.8, 4) is 5.69 Å². The third-order valence-electron chi connectivity index (χ3n) is 5.63. The molecule has 1 N–H and O–H groups in total. The highest BCUT2D eigenvalue weighted by Crippen LogP contribution is 2.26. The van der Waals surface area contributed by atoms with Crippen molar-refractivity contribution in [3.63, 3.8) is 0 Å². The molecule has 1 saturated heterocycles. The van der Waals surface area contributed by atoms with E-state index in [-0.39, 0.29) is 0 Å². The Morgan fingerprint density at radius 1 is 0.960 bits per heavy atom. The van der Waals surface area contributed by atoms with Crippen LogP contribution >= 0.6 is 0 Å². The van der Waals surface area contributed by atoms with E-state index in [9.17, 15) is 0 Å². The summed E-state index contributed by atoms with van der Waals surface area (Å²) in [4.78, 5) is 2.66. The number of hydrogen-bond donors (Lipinski definition) is 1. The summed E-state index contributed by atoms with van der Waals surface area (Å²) in [6.07, 6.45) is 9.51. The van der Waals surface area contributed by atoms with Crippen molar-refractivity contribution in [3.05, 3.63) is 30.3 Å². The average Bonchev–Trinajstić information content (AvgIpc) is 3.13. The average molecular weight is 340 g/mol.